The van der Waals surface area contributed by atoms with Gasteiger partial charge in [0, 0.05) is 0 Å². The molecule has 82 valence electrons. The van der Waals surface area contributed by atoms with Crippen LogP contribution < -0.4 is 4.74 Å². The van der Waals surface area contributed by atoms with Crippen LogP contribution in [0.4, 0.5) is 0 Å². The van der Waals surface area contributed by atoms with E-state index in [1.165, 1.54) is 14.0 Å². The van der Waals surface area contributed by atoms with Crippen LogP contribution in [0.1, 0.15) is 28.4 Å². The molecule has 1 aromatic carbocycles. The van der Waals surface area contributed by atoms with Gasteiger partial charge in [0.05, 0.1) is 12.7 Å². The highest BCUT2D eigenvalue weighted by Crippen LogP contribution is 2.27. The van der Waals surface area contributed by atoms with Crippen LogP contribution in [0, 0.1) is 13.8 Å². The highest BCUT2D eigenvalue weighted by atomic mass is 16.5. The second kappa shape index (κ2) is 4.45. The first-order valence-electron chi connectivity index (χ1n) is 4.85. The SMILES string of the molecule is COc1c(C(=O)C(C)O)ccc(C)c1C. The van der Waals surface area contributed by atoms with Gasteiger partial charge < -0.3 is 9.84 Å². The van der Waals surface area contributed by atoms with Gasteiger partial charge in [-0.25, -0.2) is 0 Å². The van der Waals surface area contributed by atoms with Gasteiger partial charge in [0.1, 0.15) is 11.9 Å². The summed E-state index contributed by atoms with van der Waals surface area (Å²) in [5, 5.41) is 9.25. The third-order valence-electron chi connectivity index (χ3n) is 2.53. The molecule has 0 aliphatic rings. The van der Waals surface area contributed by atoms with E-state index in [9.17, 15) is 9.90 Å². The molecule has 1 N–H and O–H groups in total. The standard InChI is InChI=1S/C12H16O3/c1-7-5-6-10(11(14)9(3)13)12(15-4)8(7)2/h5-6,9,13H,1-4H3. The van der Waals surface area contributed by atoms with Crippen molar-refractivity contribution in [3.8, 4) is 5.75 Å². The number of hydrogen-bond acceptors (Lipinski definition) is 3. The molecule has 0 bridgehead atoms. The number of aliphatic hydroxyl groups is 1. The van der Waals surface area contributed by atoms with E-state index < -0.39 is 6.10 Å². The molecule has 0 aromatic heterocycles. The number of benzene rings is 1. The Hall–Kier alpha value is -1.35. The molecule has 1 atom stereocenters. The quantitative estimate of drug-likeness (QED) is 0.771. The Morgan fingerprint density at radius 3 is 2.47 bits per heavy atom. The van der Waals surface area contributed by atoms with Crippen molar-refractivity contribution in [2.45, 2.75) is 26.9 Å². The summed E-state index contributed by atoms with van der Waals surface area (Å²) in [6.45, 7) is 5.30. The second-order valence-corrected chi connectivity index (χ2v) is 3.63. The number of aryl methyl sites for hydroxylation is 1. The molecular weight excluding hydrogens is 192 g/mol. The molecule has 0 aliphatic carbocycles. The Bertz CT molecular complexity index is 381. The van der Waals surface area contributed by atoms with Gasteiger partial charge >= 0.3 is 0 Å². The third-order valence-corrected chi connectivity index (χ3v) is 2.53. The molecule has 0 amide bonds. The highest BCUT2D eigenvalue weighted by Gasteiger charge is 2.18. The summed E-state index contributed by atoms with van der Waals surface area (Å²) >= 11 is 0. The van der Waals surface area contributed by atoms with Gasteiger partial charge in [-0.2, -0.15) is 0 Å². The summed E-state index contributed by atoms with van der Waals surface area (Å²) in [4.78, 5) is 11.7. The van der Waals surface area contributed by atoms with E-state index in [4.69, 9.17) is 4.74 Å². The molecule has 3 nitrogen and oxygen atoms in total. The van der Waals surface area contributed by atoms with Crippen molar-refractivity contribution in [1.82, 2.24) is 0 Å². The van der Waals surface area contributed by atoms with Crippen molar-refractivity contribution in [2.24, 2.45) is 0 Å². The lowest BCUT2D eigenvalue weighted by atomic mass is 9.99. The predicted molar refractivity (Wildman–Crippen MR) is 58.5 cm³/mol. The molecule has 3 heteroatoms. The molecule has 0 saturated heterocycles. The summed E-state index contributed by atoms with van der Waals surface area (Å²) in [5.41, 5.74) is 2.44. The molecule has 15 heavy (non-hydrogen) atoms. The van der Waals surface area contributed by atoms with Crippen molar-refractivity contribution in [2.75, 3.05) is 7.11 Å². The van der Waals surface area contributed by atoms with E-state index in [0.717, 1.165) is 11.1 Å². The Morgan fingerprint density at radius 1 is 1.40 bits per heavy atom. The van der Waals surface area contributed by atoms with Crippen LogP contribution in [0.15, 0.2) is 12.1 Å². The number of ether oxygens (including phenoxy) is 1. The summed E-state index contributed by atoms with van der Waals surface area (Å²) in [5.74, 6) is 0.246. The normalized spacial score (nSPS) is 12.3. The molecule has 0 spiro atoms. The molecule has 0 aliphatic heterocycles. The number of rotatable bonds is 3. The number of carbonyl (C=O) groups excluding carboxylic acids is 1. The molecular formula is C12H16O3. The van der Waals surface area contributed by atoms with Gasteiger partial charge in [0.25, 0.3) is 0 Å². The van der Waals surface area contributed by atoms with Crippen LogP contribution in [0.2, 0.25) is 0 Å². The maximum Gasteiger partial charge on any atom is 0.194 e. The lowest BCUT2D eigenvalue weighted by Gasteiger charge is -2.13. The van der Waals surface area contributed by atoms with Crippen molar-refractivity contribution >= 4 is 5.78 Å². The number of Topliss-reactive ketones (excluding diaryl/α,β-unsaturated/α-hetero) is 1. The highest BCUT2D eigenvalue weighted by molar-refractivity contribution is 6.01. The van der Waals surface area contributed by atoms with E-state index in [1.54, 1.807) is 6.07 Å². The molecule has 0 heterocycles. The first-order valence-corrected chi connectivity index (χ1v) is 4.85. The number of hydrogen-bond donors (Lipinski definition) is 1. The first kappa shape index (κ1) is 11.7. The summed E-state index contributed by atoms with van der Waals surface area (Å²) in [7, 11) is 1.53. The minimum absolute atomic E-state index is 0.310. The lowest BCUT2D eigenvalue weighted by molar-refractivity contribution is 0.0776. The van der Waals surface area contributed by atoms with Gasteiger partial charge in [0.15, 0.2) is 5.78 Å². The van der Waals surface area contributed by atoms with Crippen molar-refractivity contribution in [1.29, 1.82) is 0 Å². The van der Waals surface area contributed by atoms with Crippen molar-refractivity contribution in [3.63, 3.8) is 0 Å². The maximum absolute atomic E-state index is 11.7. The van der Waals surface area contributed by atoms with E-state index in [-0.39, 0.29) is 5.78 Å². The zero-order valence-corrected chi connectivity index (χ0v) is 9.50. The predicted octanol–water partition coefficient (Wildman–Crippen LogP) is 1.88. The van der Waals surface area contributed by atoms with Crippen LogP contribution in [-0.4, -0.2) is 24.1 Å². The van der Waals surface area contributed by atoms with Crippen LogP contribution in [0.3, 0.4) is 0 Å². The first-order chi connectivity index (χ1) is 6.99. The monoisotopic (exact) mass is 208 g/mol. The fraction of sp³-hybridized carbons (Fsp3) is 0.417. The fourth-order valence-electron chi connectivity index (χ4n) is 1.47. The third kappa shape index (κ3) is 2.18. The smallest absolute Gasteiger partial charge is 0.194 e. The summed E-state index contributed by atoms with van der Waals surface area (Å²) in [6.07, 6.45) is -0.999. The van der Waals surface area contributed by atoms with Crippen LogP contribution in [0.25, 0.3) is 0 Å². The fourth-order valence-corrected chi connectivity index (χ4v) is 1.47. The minimum atomic E-state index is -0.999. The Morgan fingerprint density at radius 2 is 2.00 bits per heavy atom. The zero-order valence-electron chi connectivity index (χ0n) is 9.50. The molecule has 0 fully saturated rings. The molecule has 1 unspecified atom stereocenters. The minimum Gasteiger partial charge on any atom is -0.496 e. The Labute approximate surface area is 89.7 Å². The zero-order chi connectivity index (χ0) is 11.6. The number of carbonyl (C=O) groups is 1. The molecule has 0 radical (unpaired) electrons. The average molecular weight is 208 g/mol. The summed E-state index contributed by atoms with van der Waals surface area (Å²) < 4.78 is 5.20. The van der Waals surface area contributed by atoms with E-state index >= 15 is 0 Å². The van der Waals surface area contributed by atoms with Crippen LogP contribution in [-0.2, 0) is 0 Å². The van der Waals surface area contributed by atoms with Gasteiger partial charge in [-0.1, -0.05) is 6.07 Å². The van der Waals surface area contributed by atoms with Gasteiger partial charge in [-0.15, -0.1) is 0 Å². The summed E-state index contributed by atoms with van der Waals surface area (Å²) in [6, 6.07) is 3.55. The molecule has 1 rings (SSSR count). The molecule has 1 aromatic rings. The van der Waals surface area contributed by atoms with E-state index in [2.05, 4.69) is 0 Å². The lowest BCUT2D eigenvalue weighted by Crippen LogP contribution is -2.17. The molecule has 0 saturated carbocycles. The van der Waals surface area contributed by atoms with Crippen molar-refractivity contribution in [3.05, 3.63) is 28.8 Å². The number of aliphatic hydroxyl groups excluding tert-OH is 1. The number of methoxy groups -OCH3 is 1. The van der Waals surface area contributed by atoms with E-state index in [0.29, 0.717) is 11.3 Å². The average Bonchev–Trinajstić information content (AvgIpc) is 2.20. The topological polar surface area (TPSA) is 46.5 Å². The second-order valence-electron chi connectivity index (χ2n) is 3.63. The Balaban J connectivity index is 3.31. The number of ketones is 1. The van der Waals surface area contributed by atoms with Crippen LogP contribution >= 0.6 is 0 Å². The van der Waals surface area contributed by atoms with Crippen LogP contribution in [0.5, 0.6) is 5.75 Å². The van der Waals surface area contributed by atoms with Crippen molar-refractivity contribution < 1.29 is 14.6 Å². The largest absolute Gasteiger partial charge is 0.496 e. The van der Waals surface area contributed by atoms with Gasteiger partial charge in [0.2, 0.25) is 0 Å². The van der Waals surface area contributed by atoms with Gasteiger partial charge in [-0.05, 0) is 38.0 Å². The van der Waals surface area contributed by atoms with E-state index in [1.807, 2.05) is 19.9 Å². The van der Waals surface area contributed by atoms with Gasteiger partial charge in [-0.3, -0.25) is 4.79 Å². The maximum atomic E-state index is 11.7. The Kier molecular flexibility index (Phi) is 3.48.